The van der Waals surface area contributed by atoms with Gasteiger partial charge >= 0.3 is 0 Å². The highest BCUT2D eigenvalue weighted by atomic mass is 35.5. The predicted octanol–water partition coefficient (Wildman–Crippen LogP) is -0.441. The van der Waals surface area contributed by atoms with E-state index in [1.165, 1.54) is 0 Å². The van der Waals surface area contributed by atoms with Crippen LogP contribution in [0.4, 0.5) is 0 Å². The molecule has 6 nitrogen and oxygen atoms in total. The molecule has 2 amide bonds. The van der Waals surface area contributed by atoms with Crippen LogP contribution in [0.2, 0.25) is 0 Å². The highest BCUT2D eigenvalue weighted by Gasteiger charge is 2.36. The van der Waals surface area contributed by atoms with Gasteiger partial charge in [0.05, 0.1) is 18.7 Å². The molecule has 0 aromatic heterocycles. The summed E-state index contributed by atoms with van der Waals surface area (Å²) in [4.78, 5) is 23.1. The summed E-state index contributed by atoms with van der Waals surface area (Å²) in [6.07, 6.45) is 3.35. The molecule has 0 saturated heterocycles. The number of hydrogen-bond acceptors (Lipinski definition) is 4. The van der Waals surface area contributed by atoms with Gasteiger partial charge < -0.3 is 21.1 Å². The zero-order valence-corrected chi connectivity index (χ0v) is 11.5. The molecular weight excluding hydrogens is 258 g/mol. The van der Waals surface area contributed by atoms with Crippen molar-refractivity contribution in [2.24, 2.45) is 5.73 Å². The Bertz CT molecular complexity index is 281. The molecule has 0 bridgehead atoms. The van der Waals surface area contributed by atoms with Gasteiger partial charge in [0.25, 0.3) is 0 Å². The number of rotatable bonds is 6. The maximum absolute atomic E-state index is 11.8. The normalized spacial score (nSPS) is 16.8. The van der Waals surface area contributed by atoms with Crippen molar-refractivity contribution < 1.29 is 14.3 Å². The van der Waals surface area contributed by atoms with Crippen molar-refractivity contribution in [3.8, 4) is 0 Å². The molecule has 0 spiro atoms. The van der Waals surface area contributed by atoms with Gasteiger partial charge in [0, 0.05) is 13.7 Å². The van der Waals surface area contributed by atoms with Gasteiger partial charge in [-0.25, -0.2) is 0 Å². The van der Waals surface area contributed by atoms with Crippen LogP contribution in [0.25, 0.3) is 0 Å². The highest BCUT2D eigenvalue weighted by Crippen LogP contribution is 2.26. The Labute approximate surface area is 113 Å². The van der Waals surface area contributed by atoms with Crippen molar-refractivity contribution in [1.29, 1.82) is 0 Å². The fourth-order valence-corrected chi connectivity index (χ4v) is 1.92. The molecule has 0 aromatic carbocycles. The van der Waals surface area contributed by atoms with Crippen molar-refractivity contribution in [1.82, 2.24) is 10.6 Å². The summed E-state index contributed by atoms with van der Waals surface area (Å²) in [5.41, 5.74) is 5.18. The van der Waals surface area contributed by atoms with Crippen molar-refractivity contribution >= 4 is 24.2 Å². The molecule has 7 heteroatoms. The largest absolute Gasteiger partial charge is 0.383 e. The zero-order chi connectivity index (χ0) is 12.7. The van der Waals surface area contributed by atoms with Crippen LogP contribution in [0, 0.1) is 0 Å². The van der Waals surface area contributed by atoms with E-state index in [9.17, 15) is 9.59 Å². The van der Waals surface area contributed by atoms with Crippen LogP contribution in [0.1, 0.15) is 25.7 Å². The lowest BCUT2D eigenvalue weighted by Crippen LogP contribution is -2.53. The molecule has 1 fully saturated rings. The Kier molecular flexibility index (Phi) is 7.90. The third-order valence-electron chi connectivity index (χ3n) is 2.99. The second kappa shape index (κ2) is 8.29. The summed E-state index contributed by atoms with van der Waals surface area (Å²) in [5, 5.41) is 5.20. The minimum atomic E-state index is -0.771. The smallest absolute Gasteiger partial charge is 0.240 e. The van der Waals surface area contributed by atoms with Crippen molar-refractivity contribution in [2.75, 3.05) is 26.8 Å². The first-order valence-corrected chi connectivity index (χ1v) is 5.91. The van der Waals surface area contributed by atoms with Gasteiger partial charge in [-0.2, -0.15) is 0 Å². The molecule has 0 aromatic rings. The molecule has 18 heavy (non-hydrogen) atoms. The fraction of sp³-hybridized carbons (Fsp3) is 0.818. The number of methoxy groups -OCH3 is 1. The summed E-state index contributed by atoms with van der Waals surface area (Å²) in [7, 11) is 1.56. The average molecular weight is 280 g/mol. The molecule has 106 valence electrons. The summed E-state index contributed by atoms with van der Waals surface area (Å²) in [6, 6.07) is 0. The number of carbonyl (C=O) groups excluding carboxylic acids is 2. The van der Waals surface area contributed by atoms with E-state index in [-0.39, 0.29) is 30.8 Å². The van der Waals surface area contributed by atoms with Gasteiger partial charge in [-0.3, -0.25) is 9.59 Å². The maximum Gasteiger partial charge on any atom is 0.240 e. The summed E-state index contributed by atoms with van der Waals surface area (Å²) in [5.74, 6) is -0.450. The first-order valence-electron chi connectivity index (χ1n) is 5.91. The number of hydrogen-bond donors (Lipinski definition) is 3. The number of ether oxygens (including phenoxy) is 1. The van der Waals surface area contributed by atoms with E-state index in [0.717, 1.165) is 12.8 Å². The quantitative estimate of drug-likeness (QED) is 0.575. The number of nitrogens with one attached hydrogen (secondary N) is 2. The molecular formula is C11H22ClN3O3. The van der Waals surface area contributed by atoms with E-state index in [4.69, 9.17) is 10.5 Å². The first kappa shape index (κ1) is 17.2. The summed E-state index contributed by atoms with van der Waals surface area (Å²) < 4.78 is 4.79. The summed E-state index contributed by atoms with van der Waals surface area (Å²) in [6.45, 7) is 0.876. The lowest BCUT2D eigenvalue weighted by molar-refractivity contribution is -0.129. The van der Waals surface area contributed by atoms with E-state index in [1.807, 2.05) is 0 Å². The van der Waals surface area contributed by atoms with Gasteiger partial charge in [0.15, 0.2) is 0 Å². The molecule has 1 rings (SSSR count). The van der Waals surface area contributed by atoms with Crippen molar-refractivity contribution in [2.45, 2.75) is 31.2 Å². The minimum absolute atomic E-state index is 0. The lowest BCUT2D eigenvalue weighted by Gasteiger charge is -2.21. The van der Waals surface area contributed by atoms with Crippen LogP contribution in [0.5, 0.6) is 0 Å². The Morgan fingerprint density at radius 2 is 1.89 bits per heavy atom. The van der Waals surface area contributed by atoms with E-state index in [1.54, 1.807) is 7.11 Å². The minimum Gasteiger partial charge on any atom is -0.383 e. The van der Waals surface area contributed by atoms with Crippen LogP contribution in [-0.4, -0.2) is 44.2 Å². The van der Waals surface area contributed by atoms with E-state index in [2.05, 4.69) is 10.6 Å². The standard InChI is InChI=1S/C11H21N3O3.ClH/c1-17-7-6-13-9(15)8-14-10(16)11(12)4-2-3-5-11;/h2-8,12H2,1H3,(H,13,15)(H,14,16);1H. The molecule has 0 radical (unpaired) electrons. The zero-order valence-electron chi connectivity index (χ0n) is 10.7. The average Bonchev–Trinajstić information content (AvgIpc) is 2.75. The number of carbonyl (C=O) groups is 2. The van der Waals surface area contributed by atoms with Crippen LogP contribution in [-0.2, 0) is 14.3 Å². The monoisotopic (exact) mass is 279 g/mol. The van der Waals surface area contributed by atoms with Gasteiger partial charge in [0.2, 0.25) is 11.8 Å². The van der Waals surface area contributed by atoms with Crippen LogP contribution >= 0.6 is 12.4 Å². The van der Waals surface area contributed by atoms with Gasteiger partial charge in [-0.15, -0.1) is 12.4 Å². The fourth-order valence-electron chi connectivity index (χ4n) is 1.92. The molecule has 0 aliphatic heterocycles. The third kappa shape index (κ3) is 5.20. The highest BCUT2D eigenvalue weighted by molar-refractivity contribution is 5.90. The molecule has 1 saturated carbocycles. The van der Waals surface area contributed by atoms with Crippen LogP contribution in [0.3, 0.4) is 0 Å². The van der Waals surface area contributed by atoms with Gasteiger partial charge in [-0.05, 0) is 12.8 Å². The number of amides is 2. The maximum atomic E-state index is 11.8. The molecule has 0 atom stereocenters. The first-order chi connectivity index (χ1) is 8.08. The topological polar surface area (TPSA) is 93.5 Å². The number of halogens is 1. The van der Waals surface area contributed by atoms with E-state index in [0.29, 0.717) is 26.0 Å². The molecule has 1 aliphatic carbocycles. The second-order valence-electron chi connectivity index (χ2n) is 4.39. The SMILES string of the molecule is COCCNC(=O)CNC(=O)C1(N)CCCC1.Cl. The van der Waals surface area contributed by atoms with Crippen LogP contribution < -0.4 is 16.4 Å². The van der Waals surface area contributed by atoms with Crippen LogP contribution in [0.15, 0.2) is 0 Å². The van der Waals surface area contributed by atoms with E-state index >= 15 is 0 Å². The Balaban J connectivity index is 0.00000289. The second-order valence-corrected chi connectivity index (χ2v) is 4.39. The van der Waals surface area contributed by atoms with E-state index < -0.39 is 5.54 Å². The molecule has 0 heterocycles. The molecule has 1 aliphatic rings. The predicted molar refractivity (Wildman–Crippen MR) is 70.5 cm³/mol. The number of nitrogens with two attached hydrogens (primary N) is 1. The molecule has 0 unspecified atom stereocenters. The lowest BCUT2D eigenvalue weighted by atomic mass is 9.98. The third-order valence-corrected chi connectivity index (χ3v) is 2.99. The van der Waals surface area contributed by atoms with Gasteiger partial charge in [0.1, 0.15) is 0 Å². The van der Waals surface area contributed by atoms with Gasteiger partial charge in [-0.1, -0.05) is 12.8 Å². The van der Waals surface area contributed by atoms with Crippen molar-refractivity contribution in [3.05, 3.63) is 0 Å². The Morgan fingerprint density at radius 1 is 1.28 bits per heavy atom. The van der Waals surface area contributed by atoms with Crippen molar-refractivity contribution in [3.63, 3.8) is 0 Å². The Hall–Kier alpha value is -0.850. The molecule has 4 N–H and O–H groups in total. The summed E-state index contributed by atoms with van der Waals surface area (Å²) >= 11 is 0. The Morgan fingerprint density at radius 3 is 2.44 bits per heavy atom.